The van der Waals surface area contributed by atoms with E-state index in [1.165, 1.54) is 0 Å². The van der Waals surface area contributed by atoms with E-state index < -0.39 is 13.8 Å². The molecule has 0 aromatic heterocycles. The van der Waals surface area contributed by atoms with Gasteiger partial charge in [-0.1, -0.05) is 30.3 Å². The molecule has 19 heavy (non-hydrogen) atoms. The van der Waals surface area contributed by atoms with Gasteiger partial charge in [-0.3, -0.25) is 0 Å². The van der Waals surface area contributed by atoms with Gasteiger partial charge in [-0.05, 0) is 28.8 Å². The Bertz CT molecular complexity index is 560. The van der Waals surface area contributed by atoms with E-state index in [1.807, 2.05) is 30.3 Å². The van der Waals surface area contributed by atoms with Crippen LogP contribution in [-0.2, 0) is 4.57 Å². The molecule has 2 atom stereocenters. The van der Waals surface area contributed by atoms with Crippen LogP contribution in [0, 0.1) is 0 Å². The second-order valence-corrected chi connectivity index (χ2v) is 5.11. The average molecular weight is 276 g/mol. The van der Waals surface area contributed by atoms with Crippen molar-refractivity contribution in [3.8, 4) is 5.75 Å². The van der Waals surface area contributed by atoms with Crippen LogP contribution in [0.5, 0.6) is 5.75 Å². The van der Waals surface area contributed by atoms with Gasteiger partial charge in [0.15, 0.2) is 0 Å². The first kappa shape index (κ1) is 13.5. The number of ether oxygens (including phenoxy) is 1. The number of nitrogens with one attached hydrogen (secondary N) is 1. The number of hydrogen-bond acceptors (Lipinski definition) is 3. The Labute approximate surface area is 112 Å². The van der Waals surface area contributed by atoms with Crippen LogP contribution in [0.25, 0.3) is 0 Å². The number of hydrogen-bond donors (Lipinski definition) is 2. The van der Waals surface area contributed by atoms with E-state index in [2.05, 4.69) is 5.32 Å². The quantitative estimate of drug-likeness (QED) is 0.820. The highest BCUT2D eigenvalue weighted by Gasteiger charge is 2.31. The van der Waals surface area contributed by atoms with E-state index >= 15 is 0 Å². The largest absolute Gasteiger partial charge is 0.535 e. The van der Waals surface area contributed by atoms with Crippen molar-refractivity contribution >= 4 is 13.7 Å². The molecule has 2 N–H and O–H groups in total. The molecule has 2 aromatic carbocycles. The number of anilines is 1. The van der Waals surface area contributed by atoms with Gasteiger partial charge in [0.25, 0.3) is 5.78 Å². The Hall–Kier alpha value is -1.90. The van der Waals surface area contributed by atoms with Crippen molar-refractivity contribution in [3.05, 3.63) is 60.2 Å². The van der Waals surface area contributed by atoms with Crippen LogP contribution >= 0.6 is 8.03 Å². The second-order valence-electron chi connectivity index (χ2n) is 3.99. The fourth-order valence-corrected chi connectivity index (χ4v) is 2.45. The third kappa shape index (κ3) is 3.53. The van der Waals surface area contributed by atoms with Crippen molar-refractivity contribution < 1.29 is 14.2 Å². The summed E-state index contributed by atoms with van der Waals surface area (Å²) in [5.74, 6) is 0.00158. The van der Waals surface area contributed by atoms with Crippen LogP contribution in [0.3, 0.4) is 0 Å². The lowest BCUT2D eigenvalue weighted by Gasteiger charge is -2.10. The smallest absolute Gasteiger partial charge is 0.497 e. The summed E-state index contributed by atoms with van der Waals surface area (Å²) >= 11 is 0. The lowest BCUT2D eigenvalue weighted by atomic mass is 10.2. The van der Waals surface area contributed by atoms with Gasteiger partial charge in [0.05, 0.1) is 7.11 Å². The molecule has 0 spiro atoms. The van der Waals surface area contributed by atoms with E-state index in [0.717, 1.165) is 5.69 Å². The zero-order valence-electron chi connectivity index (χ0n) is 10.5. The molecule has 0 saturated heterocycles. The maximum atomic E-state index is 11.5. The molecule has 2 aromatic rings. The summed E-state index contributed by atoms with van der Waals surface area (Å²) in [5, 5.41) is 3.06. The molecule has 0 heterocycles. The van der Waals surface area contributed by atoms with E-state index in [9.17, 15) is 9.46 Å². The molecule has 98 valence electrons. The molecule has 0 aliphatic carbocycles. The number of benzene rings is 2. The summed E-state index contributed by atoms with van der Waals surface area (Å²) in [7, 11) is -0.831. The average Bonchev–Trinajstić information content (AvgIpc) is 2.45. The Balaban J connectivity index is 2.27. The molecule has 0 amide bonds. The Morgan fingerprint density at radius 3 is 2.53 bits per heavy atom. The molecule has 0 bridgehead atoms. The summed E-state index contributed by atoms with van der Waals surface area (Å²) in [5.41, 5.74) is 1.51. The highest BCUT2D eigenvalue weighted by molar-refractivity contribution is 7.38. The molecule has 2 unspecified atom stereocenters. The van der Waals surface area contributed by atoms with Gasteiger partial charge in [-0.2, -0.15) is 4.89 Å². The molecule has 4 nitrogen and oxygen atoms in total. The first-order chi connectivity index (χ1) is 9.20. The molecule has 0 radical (unpaired) electrons. The van der Waals surface area contributed by atoms with Gasteiger partial charge in [0.1, 0.15) is 5.75 Å². The van der Waals surface area contributed by atoms with E-state index in [0.29, 0.717) is 11.3 Å². The maximum absolute atomic E-state index is 11.5. The molecule has 5 heteroatoms. The standard InChI is InChI=1S/C14H14NO3P/c1-18-13-9-5-6-11(10-13)14(19(16)17)15-12-7-3-2-4-8-12/h2-10,14-15H,1H3/p+1. The Morgan fingerprint density at radius 2 is 1.89 bits per heavy atom. The zero-order chi connectivity index (χ0) is 13.7. The van der Waals surface area contributed by atoms with Gasteiger partial charge >= 0.3 is 8.03 Å². The van der Waals surface area contributed by atoms with Crippen LogP contribution in [0.15, 0.2) is 54.6 Å². The zero-order valence-corrected chi connectivity index (χ0v) is 11.4. The van der Waals surface area contributed by atoms with Crippen LogP contribution in [0.1, 0.15) is 11.3 Å². The van der Waals surface area contributed by atoms with Gasteiger partial charge in [0.2, 0.25) is 0 Å². The predicted molar refractivity (Wildman–Crippen MR) is 75.6 cm³/mol. The van der Waals surface area contributed by atoms with Crippen LogP contribution in [0.4, 0.5) is 5.69 Å². The van der Waals surface area contributed by atoms with Crippen molar-refractivity contribution in [2.24, 2.45) is 0 Å². The molecular formula is C14H15NO3P+. The minimum absolute atomic E-state index is 0.660. The van der Waals surface area contributed by atoms with Crippen molar-refractivity contribution in [2.45, 2.75) is 5.78 Å². The number of rotatable bonds is 5. The van der Waals surface area contributed by atoms with Gasteiger partial charge < -0.3 is 10.1 Å². The number of methoxy groups -OCH3 is 1. The molecule has 2 rings (SSSR count). The van der Waals surface area contributed by atoms with E-state index in [-0.39, 0.29) is 0 Å². The normalized spacial score (nSPS) is 12.6. The topological polar surface area (TPSA) is 58.6 Å². The minimum Gasteiger partial charge on any atom is -0.497 e. The van der Waals surface area contributed by atoms with Crippen LogP contribution in [-0.4, -0.2) is 12.0 Å². The van der Waals surface area contributed by atoms with Crippen molar-refractivity contribution in [1.82, 2.24) is 0 Å². The van der Waals surface area contributed by atoms with Crippen LogP contribution in [0.2, 0.25) is 0 Å². The SMILES string of the molecule is COc1cccc(C(Nc2ccccc2)[P+](=O)O)c1. The third-order valence-electron chi connectivity index (χ3n) is 2.71. The third-order valence-corrected chi connectivity index (χ3v) is 3.58. The second kappa shape index (κ2) is 6.32. The molecule has 0 aliphatic heterocycles. The lowest BCUT2D eigenvalue weighted by Crippen LogP contribution is -2.06. The van der Waals surface area contributed by atoms with E-state index in [1.54, 1.807) is 31.4 Å². The van der Waals surface area contributed by atoms with Gasteiger partial charge in [-0.25, -0.2) is 0 Å². The highest BCUT2D eigenvalue weighted by atomic mass is 31.1. The summed E-state index contributed by atoms with van der Waals surface area (Å²) in [6.07, 6.45) is 0. The van der Waals surface area contributed by atoms with Crippen LogP contribution < -0.4 is 10.1 Å². The summed E-state index contributed by atoms with van der Waals surface area (Å²) in [6.45, 7) is 0. The summed E-state index contributed by atoms with van der Waals surface area (Å²) in [6, 6.07) is 16.5. The maximum Gasteiger partial charge on any atom is 0.535 e. The fraction of sp³-hybridized carbons (Fsp3) is 0.143. The Kier molecular flexibility index (Phi) is 4.50. The van der Waals surface area contributed by atoms with Crippen molar-refractivity contribution in [3.63, 3.8) is 0 Å². The summed E-state index contributed by atoms with van der Waals surface area (Å²) < 4.78 is 16.7. The number of para-hydroxylation sites is 1. The van der Waals surface area contributed by atoms with Gasteiger partial charge in [0, 0.05) is 11.3 Å². The van der Waals surface area contributed by atoms with Gasteiger partial charge in [-0.15, -0.1) is 0 Å². The molecule has 0 aliphatic rings. The van der Waals surface area contributed by atoms with E-state index in [4.69, 9.17) is 4.74 Å². The first-order valence-electron chi connectivity index (χ1n) is 5.81. The first-order valence-corrected chi connectivity index (χ1v) is 7.09. The minimum atomic E-state index is -2.40. The monoisotopic (exact) mass is 276 g/mol. The van der Waals surface area contributed by atoms with Crippen molar-refractivity contribution in [1.29, 1.82) is 0 Å². The highest BCUT2D eigenvalue weighted by Crippen LogP contribution is 2.39. The molecular weight excluding hydrogens is 261 g/mol. The Morgan fingerprint density at radius 1 is 1.16 bits per heavy atom. The molecule has 0 fully saturated rings. The summed E-state index contributed by atoms with van der Waals surface area (Å²) in [4.78, 5) is 9.50. The predicted octanol–water partition coefficient (Wildman–Crippen LogP) is 3.54. The fourth-order valence-electron chi connectivity index (χ4n) is 1.77. The lowest BCUT2D eigenvalue weighted by molar-refractivity contribution is 0.414. The molecule has 0 saturated carbocycles. The van der Waals surface area contributed by atoms with Crippen molar-refractivity contribution in [2.75, 3.05) is 12.4 Å².